The highest BCUT2D eigenvalue weighted by atomic mass is 16.5. The Hall–Kier alpha value is -1.18. The van der Waals surface area contributed by atoms with E-state index in [4.69, 9.17) is 19.7 Å². The summed E-state index contributed by atoms with van der Waals surface area (Å²) in [5, 5.41) is 27.8. The van der Waals surface area contributed by atoms with Crippen molar-refractivity contribution < 1.29 is 29.7 Å². The number of rotatable bonds is 13. The van der Waals surface area contributed by atoms with Gasteiger partial charge in [-0.2, -0.15) is 0 Å². The summed E-state index contributed by atoms with van der Waals surface area (Å²) >= 11 is 0. The van der Waals surface area contributed by atoms with Crippen molar-refractivity contribution in [2.45, 2.75) is 19.4 Å². The Morgan fingerprint density at radius 1 is 1.04 bits per heavy atom. The second kappa shape index (κ2) is 12.3. The molecule has 0 saturated heterocycles. The van der Waals surface area contributed by atoms with Crippen LogP contribution in [0.2, 0.25) is 0 Å². The quantitative estimate of drug-likeness (QED) is 0.345. The van der Waals surface area contributed by atoms with E-state index in [0.717, 1.165) is 17.1 Å². The van der Waals surface area contributed by atoms with Crippen molar-refractivity contribution in [3.63, 3.8) is 0 Å². The lowest BCUT2D eigenvalue weighted by atomic mass is 10.2. The molecule has 0 aromatic heterocycles. The largest absolute Gasteiger partial charge is 0.491 e. The zero-order valence-corrected chi connectivity index (χ0v) is 13.9. The predicted octanol–water partition coefficient (Wildman–Crippen LogP) is -1.13. The second-order valence-corrected chi connectivity index (χ2v) is 5.48. The molecule has 0 aliphatic carbocycles. The fourth-order valence-electron chi connectivity index (χ4n) is 2.30. The van der Waals surface area contributed by atoms with E-state index in [1.54, 1.807) is 0 Å². The number of benzene rings is 1. The van der Waals surface area contributed by atoms with Gasteiger partial charge in [0, 0.05) is 0 Å². The second-order valence-electron chi connectivity index (χ2n) is 5.48. The van der Waals surface area contributed by atoms with E-state index < -0.39 is 6.10 Å². The average molecular weight is 328 g/mol. The molecule has 0 fully saturated rings. The molecule has 6 nitrogen and oxygen atoms in total. The van der Waals surface area contributed by atoms with Gasteiger partial charge in [0.15, 0.2) is 0 Å². The lowest BCUT2D eigenvalue weighted by Crippen LogP contribution is -3.14. The maximum atomic E-state index is 9.90. The molecule has 6 heteroatoms. The molecule has 0 amide bonds. The first kappa shape index (κ1) is 19.9. The molecule has 1 atom stereocenters. The highest BCUT2D eigenvalue weighted by Crippen LogP contribution is 2.12. The number of quaternary nitrogens is 1. The molecule has 1 aromatic rings. The maximum Gasteiger partial charge on any atom is 0.126 e. The molecule has 1 aromatic carbocycles. The zero-order chi connectivity index (χ0) is 16.9. The van der Waals surface area contributed by atoms with Crippen LogP contribution in [0.25, 0.3) is 0 Å². The number of ether oxygens (including phenoxy) is 2. The van der Waals surface area contributed by atoms with Crippen LogP contribution in [-0.2, 0) is 11.2 Å². The highest BCUT2D eigenvalue weighted by molar-refractivity contribution is 5.27. The van der Waals surface area contributed by atoms with Gasteiger partial charge in [0.1, 0.15) is 38.1 Å². The van der Waals surface area contributed by atoms with Crippen molar-refractivity contribution in [1.29, 1.82) is 0 Å². The molecule has 4 N–H and O–H groups in total. The number of aliphatic hydroxyl groups is 3. The fraction of sp³-hybridized carbons (Fsp3) is 0.647. The minimum Gasteiger partial charge on any atom is -0.491 e. The number of hydrogen-bond donors (Lipinski definition) is 4. The smallest absolute Gasteiger partial charge is 0.126 e. The zero-order valence-electron chi connectivity index (χ0n) is 13.9. The van der Waals surface area contributed by atoms with E-state index in [1.807, 2.05) is 24.3 Å². The van der Waals surface area contributed by atoms with Gasteiger partial charge in [-0.15, -0.1) is 0 Å². The molecule has 132 valence electrons. The van der Waals surface area contributed by atoms with Crippen molar-refractivity contribution in [3.8, 4) is 5.75 Å². The van der Waals surface area contributed by atoms with E-state index in [-0.39, 0.29) is 19.8 Å². The van der Waals surface area contributed by atoms with Gasteiger partial charge in [-0.05, 0) is 24.1 Å². The number of aryl methyl sites for hydroxylation is 1. The van der Waals surface area contributed by atoms with E-state index in [1.165, 1.54) is 5.56 Å². The van der Waals surface area contributed by atoms with E-state index in [0.29, 0.717) is 32.8 Å². The summed E-state index contributed by atoms with van der Waals surface area (Å²) in [6, 6.07) is 7.97. The van der Waals surface area contributed by atoms with Crippen molar-refractivity contribution in [3.05, 3.63) is 29.8 Å². The highest BCUT2D eigenvalue weighted by Gasteiger charge is 2.14. The van der Waals surface area contributed by atoms with Crippen molar-refractivity contribution in [1.82, 2.24) is 0 Å². The molecule has 0 radical (unpaired) electrons. The van der Waals surface area contributed by atoms with Gasteiger partial charge in [0.25, 0.3) is 0 Å². The molecular weight excluding hydrogens is 298 g/mol. The molecule has 0 heterocycles. The van der Waals surface area contributed by atoms with E-state index >= 15 is 0 Å². The minimum absolute atomic E-state index is 0.0353. The molecule has 23 heavy (non-hydrogen) atoms. The topological polar surface area (TPSA) is 83.6 Å². The third kappa shape index (κ3) is 8.88. The van der Waals surface area contributed by atoms with Crippen LogP contribution in [0, 0.1) is 0 Å². The first-order valence-electron chi connectivity index (χ1n) is 8.22. The molecule has 0 aliphatic heterocycles. The molecular formula is C17H30NO5+. The van der Waals surface area contributed by atoms with Crippen molar-refractivity contribution >= 4 is 0 Å². The predicted molar refractivity (Wildman–Crippen MR) is 87.9 cm³/mol. The number of aliphatic hydroxyl groups excluding tert-OH is 3. The molecule has 0 saturated carbocycles. The Morgan fingerprint density at radius 2 is 1.70 bits per heavy atom. The Balaban J connectivity index is 2.13. The lowest BCUT2D eigenvalue weighted by Gasteiger charge is -2.20. The van der Waals surface area contributed by atoms with Crippen LogP contribution in [-0.4, -0.2) is 74.1 Å². The van der Waals surface area contributed by atoms with Gasteiger partial charge in [0.05, 0.1) is 26.4 Å². The molecule has 0 unspecified atom stereocenters. The Morgan fingerprint density at radius 3 is 2.26 bits per heavy atom. The maximum absolute atomic E-state index is 9.90. The molecule has 0 spiro atoms. The third-order valence-corrected chi connectivity index (χ3v) is 3.59. The van der Waals surface area contributed by atoms with Gasteiger partial charge in [-0.25, -0.2) is 0 Å². The summed E-state index contributed by atoms with van der Waals surface area (Å²) in [4.78, 5) is 0.957. The summed E-state index contributed by atoms with van der Waals surface area (Å²) in [6.07, 6.45) is 0.388. The van der Waals surface area contributed by atoms with Crippen molar-refractivity contribution in [2.75, 3.05) is 52.7 Å². The Bertz CT molecular complexity index is 392. The summed E-state index contributed by atoms with van der Waals surface area (Å²) in [5.41, 5.74) is 1.27. The Kier molecular flexibility index (Phi) is 10.6. The lowest BCUT2D eigenvalue weighted by molar-refractivity contribution is -0.903. The summed E-state index contributed by atoms with van der Waals surface area (Å²) in [7, 11) is 0. The number of hydrogen-bond acceptors (Lipinski definition) is 5. The SMILES string of the molecule is CCc1ccc(OCCOC[C@H](O)C[NH+](CCO)CCO)cc1. The van der Waals surface area contributed by atoms with Crippen LogP contribution in [0.4, 0.5) is 0 Å². The van der Waals surface area contributed by atoms with Crippen LogP contribution in [0.3, 0.4) is 0 Å². The summed E-state index contributed by atoms with van der Waals surface area (Å²) in [6.45, 7) is 4.70. The van der Waals surface area contributed by atoms with Crippen molar-refractivity contribution in [2.24, 2.45) is 0 Å². The fourth-order valence-corrected chi connectivity index (χ4v) is 2.30. The van der Waals surface area contributed by atoms with E-state index in [9.17, 15) is 5.11 Å². The van der Waals surface area contributed by atoms with Crippen LogP contribution in [0.15, 0.2) is 24.3 Å². The van der Waals surface area contributed by atoms with Crippen LogP contribution in [0.5, 0.6) is 5.75 Å². The Labute approximate surface area is 138 Å². The summed E-state index contributed by atoms with van der Waals surface area (Å²) < 4.78 is 11.0. The first-order chi connectivity index (χ1) is 11.2. The number of nitrogens with one attached hydrogen (secondary N) is 1. The van der Waals surface area contributed by atoms with Gasteiger partial charge < -0.3 is 29.7 Å². The first-order valence-corrected chi connectivity index (χ1v) is 8.22. The van der Waals surface area contributed by atoms with Crippen LogP contribution in [0.1, 0.15) is 12.5 Å². The van der Waals surface area contributed by atoms with Gasteiger partial charge >= 0.3 is 0 Å². The monoisotopic (exact) mass is 328 g/mol. The molecule has 1 rings (SSSR count). The van der Waals surface area contributed by atoms with E-state index in [2.05, 4.69) is 6.92 Å². The van der Waals surface area contributed by atoms with Crippen LogP contribution < -0.4 is 9.64 Å². The van der Waals surface area contributed by atoms with Gasteiger partial charge in [0.2, 0.25) is 0 Å². The standard InChI is InChI=1S/C17H29NO5/c1-2-15-3-5-17(6-4-15)23-12-11-22-14-16(21)13-18(7-9-19)8-10-20/h3-6,16,19-21H,2,7-14H2,1H3/p+1/t16-/m1/s1. The summed E-state index contributed by atoms with van der Waals surface area (Å²) in [5.74, 6) is 0.813. The minimum atomic E-state index is -0.619. The average Bonchev–Trinajstić information content (AvgIpc) is 2.55. The van der Waals surface area contributed by atoms with Gasteiger partial charge in [-0.1, -0.05) is 19.1 Å². The molecule has 0 bridgehead atoms. The van der Waals surface area contributed by atoms with Crippen LogP contribution >= 0.6 is 0 Å². The third-order valence-electron chi connectivity index (χ3n) is 3.59. The normalized spacial score (nSPS) is 12.6. The molecule has 0 aliphatic rings. The van der Waals surface area contributed by atoms with Gasteiger partial charge in [-0.3, -0.25) is 0 Å².